The van der Waals surface area contributed by atoms with Gasteiger partial charge in [0.05, 0.1) is 0 Å². The average Bonchev–Trinajstić information content (AvgIpc) is 2.79. The first kappa shape index (κ1) is 19.7. The summed E-state index contributed by atoms with van der Waals surface area (Å²) in [5.74, 6) is 1.61. The van der Waals surface area contributed by atoms with E-state index >= 15 is 0 Å². The zero-order chi connectivity index (χ0) is 20.9. The number of hydrogen-bond acceptors (Lipinski definition) is 8. The van der Waals surface area contributed by atoms with Crippen molar-refractivity contribution in [1.29, 1.82) is 0 Å². The van der Waals surface area contributed by atoms with Crippen molar-refractivity contribution in [3.63, 3.8) is 0 Å². The van der Waals surface area contributed by atoms with Gasteiger partial charge in [-0.15, -0.1) is 0 Å². The largest absolute Gasteiger partial charge is 0.393 e. The van der Waals surface area contributed by atoms with Gasteiger partial charge in [0.25, 0.3) is 5.91 Å². The van der Waals surface area contributed by atoms with E-state index in [-0.39, 0.29) is 5.91 Å². The van der Waals surface area contributed by atoms with Crippen LogP contribution in [-0.2, 0) is 0 Å². The molecule has 154 valence electrons. The van der Waals surface area contributed by atoms with Crippen LogP contribution >= 0.6 is 11.6 Å². The molecule has 0 radical (unpaired) electrons. The van der Waals surface area contributed by atoms with Crippen LogP contribution in [0, 0.1) is 0 Å². The highest BCUT2D eigenvalue weighted by atomic mass is 35.5. The maximum Gasteiger partial charge on any atom is 0.269 e. The third kappa shape index (κ3) is 4.36. The molecule has 3 aromatic rings. The first-order valence-corrected chi connectivity index (χ1v) is 9.83. The van der Waals surface area contributed by atoms with E-state index in [0.29, 0.717) is 27.9 Å². The molecule has 30 heavy (non-hydrogen) atoms. The summed E-state index contributed by atoms with van der Waals surface area (Å²) in [4.78, 5) is 29.5. The summed E-state index contributed by atoms with van der Waals surface area (Å²) in [5, 5.41) is 0.562. The lowest BCUT2D eigenvalue weighted by atomic mass is 10.2. The number of hydrazine groups is 1. The summed E-state index contributed by atoms with van der Waals surface area (Å²) >= 11 is 5.85. The van der Waals surface area contributed by atoms with E-state index in [1.54, 1.807) is 30.5 Å². The summed E-state index contributed by atoms with van der Waals surface area (Å²) in [6.07, 6.45) is 3.22. The molecule has 0 atom stereocenters. The van der Waals surface area contributed by atoms with Crippen LogP contribution in [0.2, 0.25) is 5.02 Å². The van der Waals surface area contributed by atoms with Crippen molar-refractivity contribution >= 4 is 40.6 Å². The van der Waals surface area contributed by atoms with Gasteiger partial charge < -0.3 is 15.5 Å². The minimum atomic E-state index is -0.324. The first-order chi connectivity index (χ1) is 14.6. The standard InChI is InChI=1S/C20H21ClN8O/c21-15-6-4-14(5-7-15)20(30)27-26-18-17(22)19(25-13-24-18)29-11-9-28(10-12-29)16-3-1-2-8-23-16/h1-8,13H,9-12,22H2,(H,27,30)(H,24,25,26). The molecule has 1 fully saturated rings. The van der Waals surface area contributed by atoms with Crippen LogP contribution in [0.3, 0.4) is 0 Å². The Morgan fingerprint density at radius 2 is 1.70 bits per heavy atom. The number of carbonyl (C=O) groups excluding carboxylic acids is 1. The van der Waals surface area contributed by atoms with Crippen molar-refractivity contribution in [1.82, 2.24) is 20.4 Å². The summed E-state index contributed by atoms with van der Waals surface area (Å²) in [6, 6.07) is 12.5. The van der Waals surface area contributed by atoms with Crippen molar-refractivity contribution in [2.45, 2.75) is 0 Å². The third-order valence-corrected chi connectivity index (χ3v) is 5.07. The molecule has 1 aliphatic rings. The van der Waals surface area contributed by atoms with Gasteiger partial charge in [0.2, 0.25) is 0 Å². The van der Waals surface area contributed by atoms with Gasteiger partial charge in [-0.1, -0.05) is 17.7 Å². The van der Waals surface area contributed by atoms with Crippen molar-refractivity contribution < 1.29 is 4.79 Å². The zero-order valence-corrected chi connectivity index (χ0v) is 16.9. The number of anilines is 4. The van der Waals surface area contributed by atoms with Gasteiger partial charge in [-0.05, 0) is 36.4 Å². The number of nitrogens with zero attached hydrogens (tertiary/aromatic N) is 5. The zero-order valence-electron chi connectivity index (χ0n) is 16.1. The lowest BCUT2D eigenvalue weighted by Crippen LogP contribution is -2.47. The Hall–Kier alpha value is -3.59. The number of pyridine rings is 1. The number of aromatic nitrogens is 3. The van der Waals surface area contributed by atoms with Crippen molar-refractivity contribution in [2.75, 3.05) is 47.1 Å². The number of piperazine rings is 1. The second kappa shape index (κ2) is 8.83. The summed E-state index contributed by atoms with van der Waals surface area (Å²) in [7, 11) is 0. The molecule has 1 saturated heterocycles. The molecule has 0 unspecified atom stereocenters. The Morgan fingerprint density at radius 1 is 0.967 bits per heavy atom. The van der Waals surface area contributed by atoms with Crippen LogP contribution in [0.4, 0.5) is 23.1 Å². The van der Waals surface area contributed by atoms with E-state index in [2.05, 4.69) is 35.6 Å². The molecule has 10 heteroatoms. The second-order valence-corrected chi connectivity index (χ2v) is 7.14. The molecule has 9 nitrogen and oxygen atoms in total. The molecule has 4 N–H and O–H groups in total. The molecule has 0 saturated carbocycles. The van der Waals surface area contributed by atoms with E-state index in [1.807, 2.05) is 18.2 Å². The topological polar surface area (TPSA) is 112 Å². The van der Waals surface area contributed by atoms with Crippen molar-refractivity contribution in [2.24, 2.45) is 0 Å². The van der Waals surface area contributed by atoms with Crippen LogP contribution < -0.4 is 26.4 Å². The smallest absolute Gasteiger partial charge is 0.269 e. The van der Waals surface area contributed by atoms with Crippen LogP contribution in [0.25, 0.3) is 0 Å². The molecule has 0 aliphatic carbocycles. The Kier molecular flexibility index (Phi) is 5.80. The van der Waals surface area contributed by atoms with Crippen molar-refractivity contribution in [3.8, 4) is 0 Å². The van der Waals surface area contributed by atoms with E-state index in [0.717, 1.165) is 32.0 Å². The number of benzene rings is 1. The Bertz CT molecular complexity index is 1010. The van der Waals surface area contributed by atoms with Gasteiger partial charge in [0.1, 0.15) is 17.8 Å². The lowest BCUT2D eigenvalue weighted by Gasteiger charge is -2.36. The minimum absolute atomic E-state index is 0.324. The number of amides is 1. The van der Waals surface area contributed by atoms with Gasteiger partial charge in [-0.25, -0.2) is 15.0 Å². The number of halogens is 1. The quantitative estimate of drug-likeness (QED) is 0.534. The average molecular weight is 425 g/mol. The number of nitrogens with two attached hydrogens (primary N) is 1. The number of hydrogen-bond donors (Lipinski definition) is 3. The highest BCUT2D eigenvalue weighted by Gasteiger charge is 2.22. The maximum absolute atomic E-state index is 12.3. The second-order valence-electron chi connectivity index (χ2n) is 6.71. The minimum Gasteiger partial charge on any atom is -0.393 e. The number of nitrogen functional groups attached to an aromatic ring is 1. The molecule has 1 aliphatic heterocycles. The molecule has 4 rings (SSSR count). The van der Waals surface area contributed by atoms with E-state index in [1.165, 1.54) is 6.33 Å². The van der Waals surface area contributed by atoms with Gasteiger partial charge in [0, 0.05) is 43.0 Å². The predicted molar refractivity (Wildman–Crippen MR) is 118 cm³/mol. The van der Waals surface area contributed by atoms with Crippen LogP contribution in [-0.4, -0.2) is 47.0 Å². The fourth-order valence-corrected chi connectivity index (χ4v) is 3.34. The predicted octanol–water partition coefficient (Wildman–Crippen LogP) is 2.19. The van der Waals surface area contributed by atoms with E-state index in [9.17, 15) is 4.79 Å². The molecule has 1 amide bonds. The van der Waals surface area contributed by atoms with Crippen LogP contribution in [0.1, 0.15) is 10.4 Å². The highest BCUT2D eigenvalue weighted by molar-refractivity contribution is 6.30. The number of carbonyl (C=O) groups is 1. The van der Waals surface area contributed by atoms with E-state index < -0.39 is 0 Å². The fourth-order valence-electron chi connectivity index (χ4n) is 3.22. The van der Waals surface area contributed by atoms with Gasteiger partial charge in [-0.3, -0.25) is 15.6 Å². The Balaban J connectivity index is 1.39. The van der Waals surface area contributed by atoms with Gasteiger partial charge >= 0.3 is 0 Å². The number of rotatable bonds is 5. The number of nitrogens with one attached hydrogen (secondary N) is 2. The SMILES string of the molecule is Nc1c(NNC(=O)c2ccc(Cl)cc2)ncnc1N1CCN(c2ccccn2)CC1. The van der Waals surface area contributed by atoms with Gasteiger partial charge in [-0.2, -0.15) is 0 Å². The highest BCUT2D eigenvalue weighted by Crippen LogP contribution is 2.27. The molecule has 3 heterocycles. The molecular formula is C20H21ClN8O. The van der Waals surface area contributed by atoms with Crippen molar-refractivity contribution in [3.05, 3.63) is 65.6 Å². The van der Waals surface area contributed by atoms with Gasteiger partial charge in [0.15, 0.2) is 11.6 Å². The maximum atomic E-state index is 12.3. The van der Waals surface area contributed by atoms with Crippen LogP contribution in [0.15, 0.2) is 55.0 Å². The fraction of sp³-hybridized carbons (Fsp3) is 0.200. The third-order valence-electron chi connectivity index (χ3n) is 4.82. The molecule has 0 spiro atoms. The lowest BCUT2D eigenvalue weighted by molar-refractivity contribution is 0.0962. The summed E-state index contributed by atoms with van der Waals surface area (Å²) in [6.45, 7) is 3.09. The Morgan fingerprint density at radius 3 is 2.40 bits per heavy atom. The van der Waals surface area contributed by atoms with E-state index in [4.69, 9.17) is 17.3 Å². The molecular weight excluding hydrogens is 404 g/mol. The summed E-state index contributed by atoms with van der Waals surface area (Å²) < 4.78 is 0. The molecule has 0 bridgehead atoms. The first-order valence-electron chi connectivity index (χ1n) is 9.45. The normalized spacial score (nSPS) is 13.8. The monoisotopic (exact) mass is 424 g/mol. The molecule has 1 aromatic carbocycles. The molecule has 2 aromatic heterocycles. The van der Waals surface area contributed by atoms with Crippen LogP contribution in [0.5, 0.6) is 0 Å². The Labute approximate surface area is 178 Å². The summed E-state index contributed by atoms with van der Waals surface area (Å²) in [5.41, 5.74) is 12.5.